The van der Waals surface area contributed by atoms with Crippen LogP contribution in [0, 0.1) is 5.82 Å². The molecule has 33 heavy (non-hydrogen) atoms. The van der Waals surface area contributed by atoms with E-state index < -0.39 is 23.6 Å². The number of hydrogen-bond acceptors (Lipinski definition) is 6. The molecule has 0 fully saturated rings. The summed E-state index contributed by atoms with van der Waals surface area (Å²) >= 11 is 0. The van der Waals surface area contributed by atoms with E-state index in [-0.39, 0.29) is 28.8 Å². The highest BCUT2D eigenvalue weighted by molar-refractivity contribution is 5.88. The van der Waals surface area contributed by atoms with Gasteiger partial charge in [0.25, 0.3) is 0 Å². The number of carbonyl (C=O) groups excluding carboxylic acids is 1. The zero-order valence-electron chi connectivity index (χ0n) is 17.8. The Bertz CT molecular complexity index is 1290. The fraction of sp³-hybridized carbons (Fsp3) is 0.190. The van der Waals surface area contributed by atoms with E-state index in [1.165, 1.54) is 35.8 Å². The molecular weight excluding hydrogens is 442 g/mol. The van der Waals surface area contributed by atoms with E-state index >= 15 is 0 Å². The van der Waals surface area contributed by atoms with Crippen molar-refractivity contribution in [3.05, 3.63) is 60.3 Å². The van der Waals surface area contributed by atoms with Gasteiger partial charge in [-0.05, 0) is 30.3 Å². The third-order valence-corrected chi connectivity index (χ3v) is 4.10. The fourth-order valence-electron chi connectivity index (χ4n) is 2.77. The second-order valence-corrected chi connectivity index (χ2v) is 6.36. The molecule has 0 bridgehead atoms. The quantitative estimate of drug-likeness (QED) is 0.412. The number of halogens is 4. The monoisotopic (exact) mass is 461 g/mol. The molecule has 0 aromatic carbocycles. The first kappa shape index (κ1) is 23.6. The first-order valence-corrected chi connectivity index (χ1v) is 9.81. The predicted molar refractivity (Wildman–Crippen MR) is 114 cm³/mol. The lowest BCUT2D eigenvalue weighted by Crippen LogP contribution is -2.11. The Hall–Kier alpha value is -4.09. The standard InChI is InChI=1S/C19H13F4N7O.C2H6/c1-10(31)25-18-15(20)11(7-8-24-18)27-17-13-5-3-9-30(13)29-16(28-17)12-4-2-6-14(26-12)19(21,22)23;1-2/h2-9H,1H3,(H2,24,25,27,28,29,31);1-2H3. The second-order valence-electron chi connectivity index (χ2n) is 6.36. The summed E-state index contributed by atoms with van der Waals surface area (Å²) in [6.07, 6.45) is -1.79. The van der Waals surface area contributed by atoms with Gasteiger partial charge in [-0.25, -0.2) is 23.9 Å². The third kappa shape index (κ3) is 5.22. The number of rotatable bonds is 4. The van der Waals surface area contributed by atoms with Gasteiger partial charge in [0.05, 0.1) is 5.69 Å². The third-order valence-electron chi connectivity index (χ3n) is 4.10. The van der Waals surface area contributed by atoms with E-state index in [9.17, 15) is 22.4 Å². The van der Waals surface area contributed by atoms with Crippen LogP contribution in [0.25, 0.3) is 17.0 Å². The van der Waals surface area contributed by atoms with Crippen LogP contribution in [0.1, 0.15) is 26.5 Å². The van der Waals surface area contributed by atoms with Gasteiger partial charge < -0.3 is 10.6 Å². The molecule has 172 valence electrons. The molecule has 12 heteroatoms. The highest BCUT2D eigenvalue weighted by Gasteiger charge is 2.32. The largest absolute Gasteiger partial charge is 0.433 e. The molecule has 0 aliphatic rings. The van der Waals surface area contributed by atoms with Gasteiger partial charge in [-0.1, -0.05) is 19.9 Å². The van der Waals surface area contributed by atoms with Crippen LogP contribution in [0.5, 0.6) is 0 Å². The average molecular weight is 461 g/mol. The smallest absolute Gasteiger partial charge is 0.336 e. The van der Waals surface area contributed by atoms with Gasteiger partial charge >= 0.3 is 6.18 Å². The SMILES string of the molecule is CC.CC(=O)Nc1nccc(Nc2nc(-c3cccc(C(F)(F)F)n3)nn3cccc23)c1F. The minimum Gasteiger partial charge on any atom is -0.336 e. The number of alkyl halides is 3. The Balaban J connectivity index is 0.00000149. The number of pyridine rings is 2. The maximum atomic E-state index is 14.7. The number of aromatic nitrogens is 5. The molecule has 0 spiro atoms. The van der Waals surface area contributed by atoms with Crippen LogP contribution in [0.2, 0.25) is 0 Å². The van der Waals surface area contributed by atoms with Crippen molar-refractivity contribution in [1.29, 1.82) is 0 Å². The second kappa shape index (κ2) is 9.59. The molecule has 8 nitrogen and oxygen atoms in total. The van der Waals surface area contributed by atoms with E-state index in [1.54, 1.807) is 18.3 Å². The Labute approximate surface area is 185 Å². The normalized spacial score (nSPS) is 11.0. The molecule has 1 amide bonds. The van der Waals surface area contributed by atoms with Crippen LogP contribution in [-0.4, -0.2) is 30.5 Å². The molecule has 0 radical (unpaired) electrons. The maximum absolute atomic E-state index is 14.7. The molecule has 4 aromatic rings. The topological polar surface area (TPSA) is 97.1 Å². The fourth-order valence-corrected chi connectivity index (χ4v) is 2.77. The van der Waals surface area contributed by atoms with Gasteiger partial charge in [-0.15, -0.1) is 5.10 Å². The van der Waals surface area contributed by atoms with Crippen LogP contribution in [0.15, 0.2) is 48.8 Å². The van der Waals surface area contributed by atoms with Gasteiger partial charge in [0.2, 0.25) is 11.7 Å². The summed E-state index contributed by atoms with van der Waals surface area (Å²) in [7, 11) is 0. The predicted octanol–water partition coefficient (Wildman–Crippen LogP) is 5.07. The summed E-state index contributed by atoms with van der Waals surface area (Å²) in [5.74, 6) is -1.60. The van der Waals surface area contributed by atoms with Crippen LogP contribution >= 0.6 is 0 Å². The van der Waals surface area contributed by atoms with Crippen molar-refractivity contribution in [2.24, 2.45) is 0 Å². The van der Waals surface area contributed by atoms with Crippen LogP contribution < -0.4 is 10.6 Å². The molecule has 0 saturated heterocycles. The number of hydrogen-bond donors (Lipinski definition) is 2. The van der Waals surface area contributed by atoms with Gasteiger partial charge in [-0.2, -0.15) is 13.2 Å². The van der Waals surface area contributed by atoms with Crippen molar-refractivity contribution >= 4 is 28.7 Å². The van der Waals surface area contributed by atoms with Crippen molar-refractivity contribution in [2.75, 3.05) is 10.6 Å². The van der Waals surface area contributed by atoms with Crippen LogP contribution in [0.3, 0.4) is 0 Å². The van der Waals surface area contributed by atoms with Gasteiger partial charge in [0.1, 0.15) is 16.9 Å². The summed E-state index contributed by atoms with van der Waals surface area (Å²) < 4.78 is 55.2. The molecule has 0 saturated carbocycles. The zero-order chi connectivity index (χ0) is 24.2. The molecule has 0 atom stereocenters. The van der Waals surface area contributed by atoms with Gasteiger partial charge in [0.15, 0.2) is 17.5 Å². The lowest BCUT2D eigenvalue weighted by atomic mass is 10.3. The van der Waals surface area contributed by atoms with Crippen molar-refractivity contribution in [1.82, 2.24) is 24.6 Å². The first-order chi connectivity index (χ1) is 15.7. The summed E-state index contributed by atoms with van der Waals surface area (Å²) in [6.45, 7) is 5.21. The Morgan fingerprint density at radius 1 is 1.03 bits per heavy atom. The highest BCUT2D eigenvalue weighted by Crippen LogP contribution is 2.30. The van der Waals surface area contributed by atoms with Crippen LogP contribution in [-0.2, 0) is 11.0 Å². The molecule has 0 unspecified atom stereocenters. The van der Waals surface area contributed by atoms with E-state index in [1.807, 2.05) is 13.8 Å². The Morgan fingerprint density at radius 3 is 2.48 bits per heavy atom. The van der Waals surface area contributed by atoms with E-state index in [4.69, 9.17) is 0 Å². The van der Waals surface area contributed by atoms with Crippen molar-refractivity contribution in [3.8, 4) is 11.5 Å². The molecule has 4 rings (SSSR count). The first-order valence-electron chi connectivity index (χ1n) is 9.81. The number of carbonyl (C=O) groups is 1. The number of anilines is 3. The summed E-state index contributed by atoms with van der Waals surface area (Å²) in [6, 6.07) is 7.98. The number of fused-ring (bicyclic) bond motifs is 1. The maximum Gasteiger partial charge on any atom is 0.433 e. The number of amides is 1. The lowest BCUT2D eigenvalue weighted by Gasteiger charge is -2.12. The molecule has 2 N–H and O–H groups in total. The molecule has 4 heterocycles. The summed E-state index contributed by atoms with van der Waals surface area (Å²) in [5, 5.41) is 9.23. The average Bonchev–Trinajstić information content (AvgIpc) is 3.26. The lowest BCUT2D eigenvalue weighted by molar-refractivity contribution is -0.141. The van der Waals surface area contributed by atoms with Crippen molar-refractivity contribution in [2.45, 2.75) is 26.9 Å². The van der Waals surface area contributed by atoms with E-state index in [0.29, 0.717) is 5.52 Å². The van der Waals surface area contributed by atoms with Crippen molar-refractivity contribution in [3.63, 3.8) is 0 Å². The minimum absolute atomic E-state index is 0.0523. The van der Waals surface area contributed by atoms with E-state index in [0.717, 1.165) is 6.07 Å². The van der Waals surface area contributed by atoms with Crippen LogP contribution in [0.4, 0.5) is 34.9 Å². The van der Waals surface area contributed by atoms with E-state index in [2.05, 4.69) is 30.7 Å². The summed E-state index contributed by atoms with van der Waals surface area (Å²) in [4.78, 5) is 22.8. The van der Waals surface area contributed by atoms with Crippen molar-refractivity contribution < 1.29 is 22.4 Å². The molecule has 0 aliphatic carbocycles. The minimum atomic E-state index is -4.63. The number of nitrogens with zero attached hydrogens (tertiary/aromatic N) is 5. The molecule has 0 aliphatic heterocycles. The number of nitrogens with one attached hydrogen (secondary N) is 2. The Morgan fingerprint density at radius 2 is 1.79 bits per heavy atom. The Kier molecular flexibility index (Phi) is 6.85. The van der Waals surface area contributed by atoms with Gasteiger partial charge in [-0.3, -0.25) is 4.79 Å². The zero-order valence-corrected chi connectivity index (χ0v) is 17.8. The van der Waals surface area contributed by atoms with Gasteiger partial charge in [0, 0.05) is 19.3 Å². The molecular formula is C21H19F4N7O. The summed E-state index contributed by atoms with van der Waals surface area (Å²) in [5.41, 5.74) is -0.810. The highest BCUT2D eigenvalue weighted by atomic mass is 19.4. The molecule has 4 aromatic heterocycles.